The van der Waals surface area contributed by atoms with Crippen molar-refractivity contribution >= 4 is 9.84 Å². The topological polar surface area (TPSA) is 59.1 Å². The number of sulfone groups is 1. The van der Waals surface area contributed by atoms with Crippen LogP contribution >= 0.6 is 0 Å². The largest absolute Gasteiger partial charge is 0.309 e. The number of pyridine rings is 1. The Morgan fingerprint density at radius 2 is 2.18 bits per heavy atom. The number of aromatic nitrogens is 1. The van der Waals surface area contributed by atoms with E-state index in [9.17, 15) is 12.8 Å². The average Bonchev–Trinajstić information content (AvgIpc) is 2.24. The summed E-state index contributed by atoms with van der Waals surface area (Å²) in [5.74, 6) is -0.193. The van der Waals surface area contributed by atoms with Crippen LogP contribution < -0.4 is 5.32 Å². The molecule has 4 nitrogen and oxygen atoms in total. The zero-order valence-corrected chi connectivity index (χ0v) is 10.8. The number of hydrogen-bond acceptors (Lipinski definition) is 4. The van der Waals surface area contributed by atoms with Crippen molar-refractivity contribution in [2.75, 3.05) is 18.6 Å². The molecule has 0 saturated carbocycles. The highest BCUT2D eigenvalue weighted by Crippen LogP contribution is 2.09. The molecule has 0 radical (unpaired) electrons. The van der Waals surface area contributed by atoms with Crippen LogP contribution in [0.15, 0.2) is 18.3 Å². The molecular formula is C11H17FN2O2S. The van der Waals surface area contributed by atoms with Gasteiger partial charge in [-0.15, -0.1) is 0 Å². The Kier molecular flexibility index (Phi) is 5.02. The molecule has 1 heterocycles. The van der Waals surface area contributed by atoms with Crippen LogP contribution in [0, 0.1) is 5.82 Å². The Morgan fingerprint density at radius 1 is 1.47 bits per heavy atom. The van der Waals surface area contributed by atoms with Gasteiger partial charge in [0.25, 0.3) is 0 Å². The van der Waals surface area contributed by atoms with Crippen molar-refractivity contribution in [3.8, 4) is 0 Å². The fraction of sp³-hybridized carbons (Fsp3) is 0.545. The van der Waals surface area contributed by atoms with E-state index in [0.717, 1.165) is 5.69 Å². The van der Waals surface area contributed by atoms with Crippen molar-refractivity contribution in [2.24, 2.45) is 0 Å². The Morgan fingerprint density at radius 3 is 2.71 bits per heavy atom. The first-order valence-electron chi connectivity index (χ1n) is 5.41. The van der Waals surface area contributed by atoms with Crippen LogP contribution in [0.25, 0.3) is 0 Å². The van der Waals surface area contributed by atoms with Gasteiger partial charge in [0.1, 0.15) is 15.7 Å². The molecule has 0 fully saturated rings. The fourth-order valence-electron chi connectivity index (χ4n) is 1.40. The van der Waals surface area contributed by atoms with Crippen LogP contribution in [-0.4, -0.2) is 32.0 Å². The third kappa shape index (κ3) is 5.74. The predicted octanol–water partition coefficient (Wildman–Crippen LogP) is 1.31. The molecule has 0 amide bonds. The van der Waals surface area contributed by atoms with E-state index in [0.29, 0.717) is 13.0 Å². The maximum Gasteiger partial charge on any atom is 0.147 e. The summed E-state index contributed by atoms with van der Waals surface area (Å²) in [5, 5.41) is 3.14. The molecule has 17 heavy (non-hydrogen) atoms. The van der Waals surface area contributed by atoms with Crippen molar-refractivity contribution < 1.29 is 12.8 Å². The zero-order valence-electron chi connectivity index (χ0n) is 9.98. The lowest BCUT2D eigenvalue weighted by molar-refractivity contribution is 0.547. The quantitative estimate of drug-likeness (QED) is 0.783. The Labute approximate surface area is 101 Å². The number of halogens is 1. The van der Waals surface area contributed by atoms with Crippen molar-refractivity contribution in [3.63, 3.8) is 0 Å². The summed E-state index contributed by atoms with van der Waals surface area (Å²) in [6, 6.07) is 2.95. The van der Waals surface area contributed by atoms with Gasteiger partial charge in [-0.05, 0) is 32.0 Å². The zero-order chi connectivity index (χ0) is 12.9. The van der Waals surface area contributed by atoms with Crippen LogP contribution in [0.4, 0.5) is 4.39 Å². The molecule has 0 spiro atoms. The minimum absolute atomic E-state index is 0.0184. The molecule has 96 valence electrons. The van der Waals surface area contributed by atoms with Gasteiger partial charge in [0.15, 0.2) is 0 Å². The second kappa shape index (κ2) is 6.07. The SMILES string of the molecule is CC(NCCCS(C)(=O)=O)c1ccc(F)cn1. The standard InChI is InChI=1S/C11H17FN2O2S/c1-9(11-5-4-10(12)8-14-11)13-6-3-7-17(2,15)16/h4-5,8-9,13H,3,6-7H2,1-2H3. The molecule has 1 aromatic rings. The maximum atomic E-state index is 12.6. The summed E-state index contributed by atoms with van der Waals surface area (Å²) in [4.78, 5) is 3.95. The second-order valence-electron chi connectivity index (χ2n) is 4.06. The summed E-state index contributed by atoms with van der Waals surface area (Å²) in [5.41, 5.74) is 0.741. The van der Waals surface area contributed by atoms with E-state index in [1.54, 1.807) is 6.07 Å². The highest BCUT2D eigenvalue weighted by Gasteiger charge is 2.07. The molecule has 0 bridgehead atoms. The molecule has 1 rings (SSSR count). The normalized spacial score (nSPS) is 13.6. The Balaban J connectivity index is 2.35. The van der Waals surface area contributed by atoms with Gasteiger partial charge in [-0.3, -0.25) is 4.98 Å². The van der Waals surface area contributed by atoms with Crippen LogP contribution in [0.2, 0.25) is 0 Å². The predicted molar refractivity (Wildman–Crippen MR) is 64.9 cm³/mol. The third-order valence-corrected chi connectivity index (χ3v) is 3.37. The monoisotopic (exact) mass is 260 g/mol. The van der Waals surface area contributed by atoms with E-state index in [2.05, 4.69) is 10.3 Å². The minimum Gasteiger partial charge on any atom is -0.309 e. The van der Waals surface area contributed by atoms with Gasteiger partial charge in [0.2, 0.25) is 0 Å². The van der Waals surface area contributed by atoms with Gasteiger partial charge in [-0.25, -0.2) is 12.8 Å². The van der Waals surface area contributed by atoms with E-state index >= 15 is 0 Å². The molecular weight excluding hydrogens is 243 g/mol. The number of hydrogen-bond donors (Lipinski definition) is 1. The highest BCUT2D eigenvalue weighted by molar-refractivity contribution is 7.90. The first kappa shape index (κ1) is 14.1. The molecule has 0 saturated heterocycles. The lowest BCUT2D eigenvalue weighted by Crippen LogP contribution is -2.22. The molecule has 0 aliphatic carbocycles. The second-order valence-corrected chi connectivity index (χ2v) is 6.32. The van der Waals surface area contributed by atoms with E-state index in [-0.39, 0.29) is 17.6 Å². The highest BCUT2D eigenvalue weighted by atomic mass is 32.2. The average molecular weight is 260 g/mol. The fourth-order valence-corrected chi connectivity index (χ4v) is 2.07. The van der Waals surface area contributed by atoms with Gasteiger partial charge in [-0.2, -0.15) is 0 Å². The summed E-state index contributed by atoms with van der Waals surface area (Å²) < 4.78 is 34.4. The summed E-state index contributed by atoms with van der Waals surface area (Å²) in [7, 11) is -2.90. The lowest BCUT2D eigenvalue weighted by Gasteiger charge is -2.12. The van der Waals surface area contributed by atoms with Gasteiger partial charge in [0, 0.05) is 12.3 Å². The van der Waals surface area contributed by atoms with Crippen molar-refractivity contribution in [2.45, 2.75) is 19.4 Å². The first-order valence-corrected chi connectivity index (χ1v) is 7.47. The third-order valence-electron chi connectivity index (χ3n) is 2.34. The molecule has 0 aliphatic rings. The van der Waals surface area contributed by atoms with Crippen LogP contribution in [-0.2, 0) is 9.84 Å². The van der Waals surface area contributed by atoms with Crippen LogP contribution in [0.3, 0.4) is 0 Å². The summed E-state index contributed by atoms with van der Waals surface area (Å²) in [6.45, 7) is 2.49. The number of rotatable bonds is 6. The molecule has 0 aliphatic heterocycles. The van der Waals surface area contributed by atoms with Gasteiger partial charge in [0.05, 0.1) is 17.6 Å². The molecule has 1 unspecified atom stereocenters. The van der Waals surface area contributed by atoms with Gasteiger partial charge in [-0.1, -0.05) is 0 Å². The Hall–Kier alpha value is -1.01. The van der Waals surface area contributed by atoms with Gasteiger partial charge >= 0.3 is 0 Å². The van der Waals surface area contributed by atoms with Crippen molar-refractivity contribution in [1.29, 1.82) is 0 Å². The molecule has 1 atom stereocenters. The smallest absolute Gasteiger partial charge is 0.147 e. The van der Waals surface area contributed by atoms with Crippen LogP contribution in [0.1, 0.15) is 25.1 Å². The summed E-state index contributed by atoms with van der Waals surface area (Å²) >= 11 is 0. The van der Waals surface area contributed by atoms with E-state index < -0.39 is 9.84 Å². The summed E-state index contributed by atoms with van der Waals surface area (Å²) in [6.07, 6.45) is 2.95. The van der Waals surface area contributed by atoms with E-state index in [4.69, 9.17) is 0 Å². The molecule has 1 aromatic heterocycles. The molecule has 6 heteroatoms. The lowest BCUT2D eigenvalue weighted by atomic mass is 10.2. The van der Waals surface area contributed by atoms with Crippen LogP contribution in [0.5, 0.6) is 0 Å². The number of nitrogens with one attached hydrogen (secondary N) is 1. The van der Waals surface area contributed by atoms with Crippen molar-refractivity contribution in [3.05, 3.63) is 29.8 Å². The minimum atomic E-state index is -2.90. The van der Waals surface area contributed by atoms with E-state index in [1.807, 2.05) is 6.92 Å². The maximum absolute atomic E-state index is 12.6. The van der Waals surface area contributed by atoms with Gasteiger partial charge < -0.3 is 5.32 Å². The number of nitrogens with zero attached hydrogens (tertiary/aromatic N) is 1. The molecule has 0 aromatic carbocycles. The van der Waals surface area contributed by atoms with Crippen molar-refractivity contribution in [1.82, 2.24) is 10.3 Å². The molecule has 1 N–H and O–H groups in total. The first-order chi connectivity index (χ1) is 7.88. The van der Waals surface area contributed by atoms with E-state index in [1.165, 1.54) is 18.5 Å². The Bertz CT molecular complexity index is 445.